The third-order valence-corrected chi connectivity index (χ3v) is 11.0. The standard InChI is InChI=1S/C45H62N6O9/c1-45(2,3)50-44(56)41-33-16-10-8-14-31(33)20-21-51(41)28-38(60-40(53)29-59-25-24-58-23-22-57-4)36(26-30-12-6-5-7-13-30)48-43(55)37(27-39(46)52)49-42(54)35-19-18-32-15-9-11-17-34(32)47-35/h5-7,9,11-13,15,17-19,31,33,36-38,41H,8,10,14,16,20-29H2,1-4H3,(H2,46,52)(H,48,55)(H,49,54)(H,50,56)/t31-,33-,36+,37+,38-,41+/m1/s1. The average molecular weight is 831 g/mol. The molecule has 2 heterocycles. The van der Waals surface area contributed by atoms with E-state index in [9.17, 15) is 24.0 Å². The van der Waals surface area contributed by atoms with E-state index in [0.29, 0.717) is 31.2 Å². The number of hydrogen-bond acceptors (Lipinski definition) is 11. The second-order valence-electron chi connectivity index (χ2n) is 16.8. The van der Waals surface area contributed by atoms with Crippen LogP contribution in [0.2, 0.25) is 0 Å². The van der Waals surface area contributed by atoms with Gasteiger partial charge < -0.3 is 40.6 Å². The zero-order valence-corrected chi connectivity index (χ0v) is 35.4. The maximum atomic E-state index is 14.4. The molecule has 4 amide bonds. The van der Waals surface area contributed by atoms with Gasteiger partial charge in [0.05, 0.1) is 50.4 Å². The fourth-order valence-corrected chi connectivity index (χ4v) is 8.22. The lowest BCUT2D eigenvalue weighted by atomic mass is 9.70. The number of esters is 1. The van der Waals surface area contributed by atoms with Gasteiger partial charge in [-0.2, -0.15) is 0 Å². The van der Waals surface area contributed by atoms with E-state index in [0.717, 1.165) is 43.1 Å². The highest BCUT2D eigenvalue weighted by Gasteiger charge is 2.45. The number of nitrogens with zero attached hydrogens (tertiary/aromatic N) is 2. The maximum absolute atomic E-state index is 14.4. The number of nitrogens with one attached hydrogen (secondary N) is 3. The maximum Gasteiger partial charge on any atom is 0.332 e. The molecule has 1 aromatic heterocycles. The van der Waals surface area contributed by atoms with Gasteiger partial charge in [-0.3, -0.25) is 24.1 Å². The molecule has 15 nitrogen and oxygen atoms in total. The molecular weight excluding hydrogens is 769 g/mol. The molecule has 15 heteroatoms. The SMILES string of the molecule is COCCOCCOCC(=O)O[C@H](CN1CC[C@H]2CCCC[C@H]2[C@H]1C(=O)NC(C)(C)C)[C@H](Cc1ccccc1)NC(=O)[C@H](CC(N)=O)NC(=O)c1ccc2ccccc2n1. The number of nitrogens with two attached hydrogens (primary N) is 1. The smallest absolute Gasteiger partial charge is 0.332 e. The van der Waals surface area contributed by atoms with Crippen LogP contribution in [0.25, 0.3) is 10.9 Å². The fourth-order valence-electron chi connectivity index (χ4n) is 8.22. The number of methoxy groups -OCH3 is 1. The van der Waals surface area contributed by atoms with Gasteiger partial charge in [-0.05, 0) is 76.1 Å². The molecule has 0 radical (unpaired) electrons. The predicted molar refractivity (Wildman–Crippen MR) is 226 cm³/mol. The lowest BCUT2D eigenvalue weighted by Gasteiger charge is -2.48. The summed E-state index contributed by atoms with van der Waals surface area (Å²) in [6.07, 6.45) is 3.68. The van der Waals surface area contributed by atoms with Crippen LogP contribution >= 0.6 is 0 Å². The lowest BCUT2D eigenvalue weighted by Crippen LogP contribution is -2.63. The highest BCUT2D eigenvalue weighted by Crippen LogP contribution is 2.40. The third kappa shape index (κ3) is 14.1. The Kier molecular flexibility index (Phi) is 17.4. The van der Waals surface area contributed by atoms with Gasteiger partial charge in [0.1, 0.15) is 24.4 Å². The number of carbonyl (C=O) groups is 5. The minimum absolute atomic E-state index is 0.0541. The van der Waals surface area contributed by atoms with Crippen LogP contribution in [0.3, 0.4) is 0 Å². The first-order valence-corrected chi connectivity index (χ1v) is 21.0. The van der Waals surface area contributed by atoms with Crippen molar-refractivity contribution >= 4 is 40.5 Å². The van der Waals surface area contributed by atoms with Gasteiger partial charge in [-0.25, -0.2) is 9.78 Å². The summed E-state index contributed by atoms with van der Waals surface area (Å²) in [5.41, 5.74) is 6.62. The number of likely N-dealkylation sites (tertiary alicyclic amines) is 1. The Morgan fingerprint density at radius 3 is 2.33 bits per heavy atom. The number of ether oxygens (including phenoxy) is 4. The molecule has 60 heavy (non-hydrogen) atoms. The molecule has 326 valence electrons. The van der Waals surface area contributed by atoms with E-state index in [2.05, 4.69) is 25.8 Å². The largest absolute Gasteiger partial charge is 0.457 e. The van der Waals surface area contributed by atoms with Crippen molar-refractivity contribution in [2.45, 2.75) is 95.5 Å². The first kappa shape index (κ1) is 46.1. The summed E-state index contributed by atoms with van der Waals surface area (Å²) in [7, 11) is 1.58. The zero-order valence-electron chi connectivity index (χ0n) is 35.4. The molecule has 2 fully saturated rings. The third-order valence-electron chi connectivity index (χ3n) is 11.0. The summed E-state index contributed by atoms with van der Waals surface area (Å²) >= 11 is 0. The molecule has 5 rings (SSSR count). The quantitative estimate of drug-likeness (QED) is 0.0907. The van der Waals surface area contributed by atoms with Crippen LogP contribution in [-0.4, -0.2) is 122 Å². The van der Waals surface area contributed by atoms with Gasteiger partial charge in [0.15, 0.2) is 0 Å². The normalized spacial score (nSPS) is 19.6. The molecule has 1 aliphatic carbocycles. The van der Waals surface area contributed by atoms with Gasteiger partial charge in [-0.15, -0.1) is 0 Å². The number of carbonyl (C=O) groups excluding carboxylic acids is 5. The van der Waals surface area contributed by atoms with E-state index in [-0.39, 0.29) is 50.3 Å². The minimum atomic E-state index is -1.39. The summed E-state index contributed by atoms with van der Waals surface area (Å²) in [5.74, 6) is -2.45. The second kappa shape index (κ2) is 22.6. The van der Waals surface area contributed by atoms with Crippen molar-refractivity contribution in [3.63, 3.8) is 0 Å². The number of primary amides is 1. The highest BCUT2D eigenvalue weighted by molar-refractivity contribution is 5.99. The number of amides is 4. The van der Waals surface area contributed by atoms with Gasteiger partial charge in [-0.1, -0.05) is 73.9 Å². The van der Waals surface area contributed by atoms with Crippen LogP contribution in [0, 0.1) is 11.8 Å². The number of para-hydroxylation sites is 1. The number of benzene rings is 2. The van der Waals surface area contributed by atoms with E-state index in [1.165, 1.54) is 0 Å². The summed E-state index contributed by atoms with van der Waals surface area (Å²) in [6, 6.07) is 17.2. The molecule has 0 spiro atoms. The summed E-state index contributed by atoms with van der Waals surface area (Å²) in [4.78, 5) is 74.7. The fraction of sp³-hybridized carbons (Fsp3) is 0.556. The first-order valence-electron chi connectivity index (χ1n) is 21.0. The van der Waals surface area contributed by atoms with E-state index >= 15 is 0 Å². The van der Waals surface area contributed by atoms with E-state index in [4.69, 9.17) is 24.7 Å². The number of aromatic nitrogens is 1. The molecule has 2 aromatic carbocycles. The molecule has 5 N–H and O–H groups in total. The Balaban J connectivity index is 1.44. The van der Waals surface area contributed by atoms with Crippen LogP contribution in [0.15, 0.2) is 66.7 Å². The predicted octanol–water partition coefficient (Wildman–Crippen LogP) is 3.32. The summed E-state index contributed by atoms with van der Waals surface area (Å²) in [6.45, 7) is 7.36. The molecule has 0 bridgehead atoms. The highest BCUT2D eigenvalue weighted by atomic mass is 16.6. The second-order valence-corrected chi connectivity index (χ2v) is 16.8. The van der Waals surface area contributed by atoms with Crippen LogP contribution < -0.4 is 21.7 Å². The van der Waals surface area contributed by atoms with Gasteiger partial charge in [0, 0.05) is 24.6 Å². The molecule has 1 saturated carbocycles. The van der Waals surface area contributed by atoms with Crippen LogP contribution in [0.1, 0.15) is 75.3 Å². The molecular formula is C45H62N6O9. The number of fused-ring (bicyclic) bond motifs is 2. The van der Waals surface area contributed by atoms with Gasteiger partial charge >= 0.3 is 5.97 Å². The molecule has 0 unspecified atom stereocenters. The van der Waals surface area contributed by atoms with Crippen LogP contribution in [0.4, 0.5) is 0 Å². The molecule has 1 saturated heterocycles. The number of rotatable bonds is 21. The van der Waals surface area contributed by atoms with Crippen molar-refractivity contribution < 1.29 is 42.9 Å². The molecule has 1 aliphatic heterocycles. The monoisotopic (exact) mass is 830 g/mol. The van der Waals surface area contributed by atoms with Crippen molar-refractivity contribution in [3.05, 3.63) is 78.0 Å². The van der Waals surface area contributed by atoms with Crippen molar-refractivity contribution in [3.8, 4) is 0 Å². The first-order chi connectivity index (χ1) is 28.8. The Bertz CT molecular complexity index is 1890. The van der Waals surface area contributed by atoms with E-state index < -0.39 is 59.9 Å². The van der Waals surface area contributed by atoms with E-state index in [1.807, 2.05) is 63.2 Å². The van der Waals surface area contributed by atoms with Crippen molar-refractivity contribution in [1.82, 2.24) is 25.8 Å². The van der Waals surface area contributed by atoms with Crippen molar-refractivity contribution in [2.24, 2.45) is 17.6 Å². The Hall–Kier alpha value is -4.96. The number of piperidine rings is 1. The van der Waals surface area contributed by atoms with E-state index in [1.54, 1.807) is 31.4 Å². The van der Waals surface area contributed by atoms with Gasteiger partial charge in [0.25, 0.3) is 5.91 Å². The topological polar surface area (TPSA) is 201 Å². The molecule has 3 aromatic rings. The van der Waals surface area contributed by atoms with Crippen LogP contribution in [0.5, 0.6) is 0 Å². The average Bonchev–Trinajstić information content (AvgIpc) is 3.21. The van der Waals surface area contributed by atoms with Gasteiger partial charge in [0.2, 0.25) is 17.7 Å². The number of hydrogen-bond donors (Lipinski definition) is 4. The Morgan fingerprint density at radius 1 is 0.867 bits per heavy atom. The number of pyridine rings is 1. The Labute approximate surface area is 352 Å². The summed E-state index contributed by atoms with van der Waals surface area (Å²) < 4.78 is 22.3. The molecule has 2 aliphatic rings. The van der Waals surface area contributed by atoms with Crippen LogP contribution in [-0.2, 0) is 44.5 Å². The Morgan fingerprint density at radius 2 is 1.58 bits per heavy atom. The molecule has 6 atom stereocenters. The van der Waals surface area contributed by atoms with Crippen molar-refractivity contribution in [1.29, 1.82) is 0 Å². The lowest BCUT2D eigenvalue weighted by molar-refractivity contribution is -0.160. The zero-order chi connectivity index (χ0) is 43.1. The minimum Gasteiger partial charge on any atom is -0.457 e. The summed E-state index contributed by atoms with van der Waals surface area (Å²) in [5, 5.41) is 9.73. The van der Waals surface area contributed by atoms with Crippen molar-refractivity contribution in [2.75, 3.05) is 53.2 Å².